The Labute approximate surface area is 86.0 Å². The minimum absolute atomic E-state index is 0.311. The lowest BCUT2D eigenvalue weighted by molar-refractivity contribution is -0.119. The monoisotopic (exact) mass is 199 g/mol. The molecule has 0 aliphatic carbocycles. The molecule has 0 spiro atoms. The maximum Gasteiger partial charge on any atom is 0.209 e. The van der Waals surface area contributed by atoms with Crippen LogP contribution in [0.1, 0.15) is 19.8 Å². The zero-order valence-electron chi connectivity index (χ0n) is 8.98. The molecule has 1 unspecified atom stereocenters. The molecule has 1 heterocycles. The maximum atomic E-state index is 10.5. The highest BCUT2D eigenvalue weighted by molar-refractivity contribution is 5.47. The number of carbonyl (C=O) groups excluding carboxylic acids is 1. The topological polar surface area (TPSA) is 49.6 Å². The molecule has 1 amide bonds. The Morgan fingerprint density at radius 2 is 2.00 bits per heavy atom. The second kappa shape index (κ2) is 5.98. The Morgan fingerprint density at radius 1 is 1.36 bits per heavy atom. The number of amides is 1. The van der Waals surface area contributed by atoms with E-state index in [1.165, 1.54) is 6.42 Å². The molecule has 1 aliphatic heterocycles. The van der Waals surface area contributed by atoms with Crippen molar-refractivity contribution in [2.75, 3.05) is 32.7 Å². The van der Waals surface area contributed by atoms with Gasteiger partial charge in [-0.1, -0.05) is 0 Å². The van der Waals surface area contributed by atoms with E-state index in [0.717, 1.165) is 45.6 Å². The second-order valence-electron chi connectivity index (χ2n) is 4.10. The predicted molar refractivity (Wildman–Crippen MR) is 57.0 cm³/mol. The maximum absolute atomic E-state index is 10.5. The summed E-state index contributed by atoms with van der Waals surface area (Å²) >= 11 is 0. The molecule has 0 bridgehead atoms. The van der Waals surface area contributed by atoms with Crippen LogP contribution in [0.5, 0.6) is 0 Å². The molecule has 4 heteroatoms. The van der Waals surface area contributed by atoms with E-state index in [-0.39, 0.29) is 0 Å². The van der Waals surface area contributed by atoms with E-state index >= 15 is 0 Å². The first-order valence-electron chi connectivity index (χ1n) is 5.39. The molecule has 1 saturated heterocycles. The first-order valence-corrected chi connectivity index (χ1v) is 5.39. The minimum atomic E-state index is 0.311. The molecule has 0 radical (unpaired) electrons. The molecule has 4 nitrogen and oxygen atoms in total. The van der Waals surface area contributed by atoms with Gasteiger partial charge in [0.15, 0.2) is 0 Å². The van der Waals surface area contributed by atoms with Crippen molar-refractivity contribution in [1.29, 1.82) is 0 Å². The van der Waals surface area contributed by atoms with E-state index < -0.39 is 0 Å². The summed E-state index contributed by atoms with van der Waals surface area (Å²) in [7, 11) is 0. The fraction of sp³-hybridized carbons (Fsp3) is 0.900. The summed E-state index contributed by atoms with van der Waals surface area (Å²) in [6.07, 6.45) is 3.20. The molecule has 1 aliphatic rings. The number of rotatable bonds is 5. The van der Waals surface area contributed by atoms with Crippen molar-refractivity contribution in [2.45, 2.75) is 25.8 Å². The predicted octanol–water partition coefficient (Wildman–Crippen LogP) is -0.112. The first kappa shape index (κ1) is 11.5. The summed E-state index contributed by atoms with van der Waals surface area (Å²) in [5.41, 5.74) is 5.68. The van der Waals surface area contributed by atoms with E-state index in [1.54, 1.807) is 0 Å². The molecular formula is C10H21N3O. The Balaban J connectivity index is 2.07. The van der Waals surface area contributed by atoms with Crippen molar-refractivity contribution in [2.24, 2.45) is 5.73 Å². The Morgan fingerprint density at radius 3 is 2.50 bits per heavy atom. The van der Waals surface area contributed by atoms with Crippen LogP contribution >= 0.6 is 0 Å². The molecule has 0 aromatic rings. The third-order valence-corrected chi connectivity index (χ3v) is 2.69. The van der Waals surface area contributed by atoms with Crippen LogP contribution in [0.15, 0.2) is 0 Å². The highest BCUT2D eigenvalue weighted by Gasteiger charge is 2.14. The van der Waals surface area contributed by atoms with Crippen molar-refractivity contribution in [3.05, 3.63) is 0 Å². The van der Waals surface area contributed by atoms with E-state index in [9.17, 15) is 4.79 Å². The number of hydrogen-bond donors (Lipinski definition) is 1. The first-order chi connectivity index (χ1) is 6.72. The van der Waals surface area contributed by atoms with Gasteiger partial charge in [-0.2, -0.15) is 0 Å². The highest BCUT2D eigenvalue weighted by Crippen LogP contribution is 2.02. The molecule has 1 atom stereocenters. The summed E-state index contributed by atoms with van der Waals surface area (Å²) in [5, 5.41) is 0. The SMILES string of the molecule is CC(N)CCCN1CCN(C=O)CC1. The lowest BCUT2D eigenvalue weighted by Crippen LogP contribution is -2.45. The van der Waals surface area contributed by atoms with Crippen LogP contribution < -0.4 is 5.73 Å². The Hall–Kier alpha value is -0.610. The van der Waals surface area contributed by atoms with Gasteiger partial charge in [0.05, 0.1) is 0 Å². The van der Waals surface area contributed by atoms with Crippen molar-refractivity contribution < 1.29 is 4.79 Å². The van der Waals surface area contributed by atoms with Gasteiger partial charge in [0, 0.05) is 32.2 Å². The van der Waals surface area contributed by atoms with Crippen LogP contribution in [0.2, 0.25) is 0 Å². The zero-order chi connectivity index (χ0) is 10.4. The van der Waals surface area contributed by atoms with Crippen LogP contribution in [0.4, 0.5) is 0 Å². The quantitative estimate of drug-likeness (QED) is 0.628. The van der Waals surface area contributed by atoms with E-state index in [1.807, 2.05) is 11.8 Å². The number of piperazine rings is 1. The van der Waals surface area contributed by atoms with Gasteiger partial charge in [0.2, 0.25) is 6.41 Å². The summed E-state index contributed by atoms with van der Waals surface area (Å²) in [6.45, 7) is 6.94. The molecule has 14 heavy (non-hydrogen) atoms. The molecule has 0 aromatic carbocycles. The Kier molecular flexibility index (Phi) is 4.90. The lowest BCUT2D eigenvalue weighted by atomic mass is 10.2. The van der Waals surface area contributed by atoms with Crippen LogP contribution in [-0.2, 0) is 4.79 Å². The van der Waals surface area contributed by atoms with Gasteiger partial charge in [-0.15, -0.1) is 0 Å². The van der Waals surface area contributed by atoms with Gasteiger partial charge in [-0.25, -0.2) is 0 Å². The minimum Gasteiger partial charge on any atom is -0.343 e. The molecule has 2 N–H and O–H groups in total. The molecule has 1 rings (SSSR count). The average Bonchev–Trinajstić information content (AvgIpc) is 2.18. The van der Waals surface area contributed by atoms with Gasteiger partial charge in [-0.3, -0.25) is 9.69 Å². The van der Waals surface area contributed by atoms with Crippen LogP contribution in [0, 0.1) is 0 Å². The molecule has 1 fully saturated rings. The van der Waals surface area contributed by atoms with E-state index in [0.29, 0.717) is 6.04 Å². The number of hydrogen-bond acceptors (Lipinski definition) is 3. The molecule has 0 saturated carbocycles. The zero-order valence-corrected chi connectivity index (χ0v) is 8.98. The molecule has 0 aromatic heterocycles. The third kappa shape index (κ3) is 4.07. The van der Waals surface area contributed by atoms with Gasteiger partial charge >= 0.3 is 0 Å². The van der Waals surface area contributed by atoms with Gasteiger partial charge in [0.1, 0.15) is 0 Å². The number of nitrogens with two attached hydrogens (primary N) is 1. The third-order valence-electron chi connectivity index (χ3n) is 2.69. The van der Waals surface area contributed by atoms with Crippen LogP contribution in [-0.4, -0.2) is 55.0 Å². The van der Waals surface area contributed by atoms with E-state index in [2.05, 4.69) is 4.90 Å². The largest absolute Gasteiger partial charge is 0.343 e. The summed E-state index contributed by atoms with van der Waals surface area (Å²) < 4.78 is 0. The molecular weight excluding hydrogens is 178 g/mol. The number of nitrogens with zero attached hydrogens (tertiary/aromatic N) is 2. The summed E-state index contributed by atoms with van der Waals surface area (Å²) in [5.74, 6) is 0. The second-order valence-corrected chi connectivity index (χ2v) is 4.10. The fourth-order valence-electron chi connectivity index (χ4n) is 1.73. The highest BCUT2D eigenvalue weighted by atomic mass is 16.1. The van der Waals surface area contributed by atoms with Crippen molar-refractivity contribution in [3.8, 4) is 0 Å². The lowest BCUT2D eigenvalue weighted by Gasteiger charge is -2.32. The Bertz CT molecular complexity index is 165. The van der Waals surface area contributed by atoms with E-state index in [4.69, 9.17) is 5.73 Å². The normalized spacial score (nSPS) is 20.9. The summed E-state index contributed by atoms with van der Waals surface area (Å²) in [4.78, 5) is 14.7. The van der Waals surface area contributed by atoms with Crippen molar-refractivity contribution >= 4 is 6.41 Å². The smallest absolute Gasteiger partial charge is 0.209 e. The number of carbonyl (C=O) groups is 1. The summed E-state index contributed by atoms with van der Waals surface area (Å²) in [6, 6.07) is 0.311. The van der Waals surface area contributed by atoms with Gasteiger partial charge in [0.25, 0.3) is 0 Å². The van der Waals surface area contributed by atoms with Crippen molar-refractivity contribution in [3.63, 3.8) is 0 Å². The molecule has 82 valence electrons. The van der Waals surface area contributed by atoms with Gasteiger partial charge in [-0.05, 0) is 26.3 Å². The van der Waals surface area contributed by atoms with Gasteiger partial charge < -0.3 is 10.6 Å². The fourth-order valence-corrected chi connectivity index (χ4v) is 1.73. The van der Waals surface area contributed by atoms with Crippen LogP contribution in [0.3, 0.4) is 0 Å². The average molecular weight is 199 g/mol. The van der Waals surface area contributed by atoms with Crippen molar-refractivity contribution in [1.82, 2.24) is 9.80 Å². The van der Waals surface area contributed by atoms with Crippen LogP contribution in [0.25, 0.3) is 0 Å². The standard InChI is InChI=1S/C10H21N3O/c1-10(11)3-2-4-12-5-7-13(9-14)8-6-12/h9-10H,2-8,11H2,1H3.